The SMILES string of the molecule is C[C@H](O)[C@H]1ON(/C=C2/C=CC=CC2)[C@@H](C(=O)NCCC2=c3ccccc3=NC2)[C@H]1CO. The van der Waals surface area contributed by atoms with E-state index in [1.165, 1.54) is 10.6 Å². The van der Waals surface area contributed by atoms with Crippen molar-refractivity contribution in [3.8, 4) is 0 Å². The van der Waals surface area contributed by atoms with Crippen LogP contribution in [0.5, 0.6) is 0 Å². The van der Waals surface area contributed by atoms with Crippen molar-refractivity contribution in [2.45, 2.75) is 38.0 Å². The Bertz CT molecular complexity index is 1030. The first-order chi connectivity index (χ1) is 15.1. The van der Waals surface area contributed by atoms with Crippen molar-refractivity contribution in [1.82, 2.24) is 10.4 Å². The first kappa shape index (κ1) is 21.5. The average Bonchev–Trinajstić information content (AvgIpc) is 3.36. The van der Waals surface area contributed by atoms with Gasteiger partial charge in [0.15, 0.2) is 0 Å². The fourth-order valence-electron chi connectivity index (χ4n) is 4.34. The van der Waals surface area contributed by atoms with Crippen molar-refractivity contribution in [2.24, 2.45) is 10.9 Å². The third kappa shape index (κ3) is 4.63. The van der Waals surface area contributed by atoms with Crippen LogP contribution in [-0.4, -0.2) is 59.1 Å². The molecule has 0 radical (unpaired) electrons. The largest absolute Gasteiger partial charge is 0.396 e. The molecule has 3 N–H and O–H groups in total. The zero-order valence-electron chi connectivity index (χ0n) is 17.6. The van der Waals surface area contributed by atoms with Crippen molar-refractivity contribution in [1.29, 1.82) is 0 Å². The summed E-state index contributed by atoms with van der Waals surface area (Å²) in [5.74, 6) is -0.756. The Morgan fingerprint density at radius 1 is 1.39 bits per heavy atom. The molecule has 0 saturated carbocycles. The number of nitrogens with one attached hydrogen (secondary N) is 1. The average molecular weight is 424 g/mol. The third-order valence-corrected chi connectivity index (χ3v) is 5.96. The molecule has 4 rings (SSSR count). The van der Waals surface area contributed by atoms with Crippen LogP contribution in [0.4, 0.5) is 0 Å². The van der Waals surface area contributed by atoms with Crippen LogP contribution in [0.2, 0.25) is 0 Å². The van der Waals surface area contributed by atoms with E-state index in [9.17, 15) is 15.0 Å². The van der Waals surface area contributed by atoms with E-state index < -0.39 is 24.2 Å². The Hall–Kier alpha value is -2.74. The monoisotopic (exact) mass is 423 g/mol. The molecule has 0 bridgehead atoms. The second-order valence-electron chi connectivity index (χ2n) is 8.14. The highest BCUT2D eigenvalue weighted by Crippen LogP contribution is 2.31. The first-order valence-corrected chi connectivity index (χ1v) is 10.8. The maximum atomic E-state index is 13.1. The molecule has 4 atom stereocenters. The topological polar surface area (TPSA) is 94.4 Å². The lowest BCUT2D eigenvalue weighted by molar-refractivity contribution is -0.160. The van der Waals surface area contributed by atoms with Gasteiger partial charge in [-0.15, -0.1) is 0 Å². The lowest BCUT2D eigenvalue weighted by Crippen LogP contribution is -2.46. The molecule has 1 aromatic carbocycles. The van der Waals surface area contributed by atoms with Gasteiger partial charge in [0.1, 0.15) is 12.1 Å². The van der Waals surface area contributed by atoms with Gasteiger partial charge in [-0.1, -0.05) is 42.5 Å². The normalized spacial score (nSPS) is 26.8. The van der Waals surface area contributed by atoms with Crippen molar-refractivity contribution >= 4 is 11.5 Å². The summed E-state index contributed by atoms with van der Waals surface area (Å²) in [4.78, 5) is 23.6. The van der Waals surface area contributed by atoms with E-state index in [0.717, 1.165) is 22.6 Å². The van der Waals surface area contributed by atoms with Gasteiger partial charge in [0, 0.05) is 23.9 Å². The Morgan fingerprint density at radius 3 is 2.97 bits per heavy atom. The fraction of sp³-hybridized carbons (Fsp3) is 0.417. The number of aliphatic hydroxyl groups is 2. The van der Waals surface area contributed by atoms with E-state index >= 15 is 0 Å². The van der Waals surface area contributed by atoms with Gasteiger partial charge in [0.2, 0.25) is 5.91 Å². The molecule has 1 aromatic rings. The fourth-order valence-corrected chi connectivity index (χ4v) is 4.34. The molecule has 1 aliphatic carbocycles. The van der Waals surface area contributed by atoms with Gasteiger partial charge >= 0.3 is 0 Å². The Labute approximate surface area is 181 Å². The molecular formula is C24H29N3O4. The van der Waals surface area contributed by atoms with E-state index in [4.69, 9.17) is 4.84 Å². The summed E-state index contributed by atoms with van der Waals surface area (Å²) in [5, 5.41) is 26.8. The first-order valence-electron chi connectivity index (χ1n) is 10.8. The zero-order valence-corrected chi connectivity index (χ0v) is 17.6. The number of allylic oxidation sites excluding steroid dienone is 5. The van der Waals surface area contributed by atoms with Crippen LogP contribution in [-0.2, 0) is 9.63 Å². The molecule has 0 aromatic heterocycles. The smallest absolute Gasteiger partial charge is 0.245 e. The number of para-hydroxylation sites is 1. The Balaban J connectivity index is 1.47. The molecule has 7 nitrogen and oxygen atoms in total. The number of amides is 1. The molecule has 0 spiro atoms. The number of hydroxylamine groups is 2. The maximum absolute atomic E-state index is 13.1. The van der Waals surface area contributed by atoms with Crippen molar-refractivity contribution in [2.75, 3.05) is 19.7 Å². The minimum absolute atomic E-state index is 0.224. The maximum Gasteiger partial charge on any atom is 0.245 e. The summed E-state index contributed by atoms with van der Waals surface area (Å²) in [7, 11) is 0. The summed E-state index contributed by atoms with van der Waals surface area (Å²) in [6.07, 6.45) is 9.63. The molecule has 164 valence electrons. The molecule has 1 saturated heterocycles. The Kier molecular flexibility index (Phi) is 6.65. The molecule has 7 heteroatoms. The summed E-state index contributed by atoms with van der Waals surface area (Å²) in [6.45, 7) is 2.48. The van der Waals surface area contributed by atoms with E-state index in [-0.39, 0.29) is 12.5 Å². The molecule has 1 fully saturated rings. The van der Waals surface area contributed by atoms with Crippen molar-refractivity contribution in [3.05, 3.63) is 70.9 Å². The standard InChI is InChI=1S/C24H29N3O4/c1-16(29)23-20(15-28)22(27(31-23)14-17-7-3-2-4-8-17)24(30)25-12-11-18-13-26-21-10-6-5-9-19(18)21/h2-7,9-10,14,16,20,22-23,28-29H,8,11-13,15H2,1H3,(H,25,30)/b17-14-/t16-,20+,22+,23+/m0/s1. The van der Waals surface area contributed by atoms with Gasteiger partial charge in [-0.3, -0.25) is 14.6 Å². The summed E-state index contributed by atoms with van der Waals surface area (Å²) < 4.78 is 0. The lowest BCUT2D eigenvalue weighted by Gasteiger charge is -2.23. The summed E-state index contributed by atoms with van der Waals surface area (Å²) in [6, 6.07) is 7.31. The van der Waals surface area contributed by atoms with Gasteiger partial charge < -0.3 is 15.5 Å². The lowest BCUT2D eigenvalue weighted by atomic mass is 9.92. The van der Waals surface area contributed by atoms with Gasteiger partial charge in [0.25, 0.3) is 0 Å². The van der Waals surface area contributed by atoms with E-state index in [1.807, 2.05) is 42.5 Å². The van der Waals surface area contributed by atoms with Crippen LogP contribution in [0.15, 0.2) is 65.3 Å². The third-order valence-electron chi connectivity index (χ3n) is 5.96. The highest BCUT2D eigenvalue weighted by Gasteiger charge is 2.48. The minimum Gasteiger partial charge on any atom is -0.396 e. The van der Waals surface area contributed by atoms with Crippen molar-refractivity contribution < 1.29 is 19.8 Å². The van der Waals surface area contributed by atoms with Gasteiger partial charge in [-0.05, 0) is 37.0 Å². The molecule has 3 aliphatic rings. The van der Waals surface area contributed by atoms with Crippen molar-refractivity contribution in [3.63, 3.8) is 0 Å². The number of hydrogen-bond donors (Lipinski definition) is 3. The number of carbonyl (C=O) groups excluding carboxylic acids is 1. The highest BCUT2D eigenvalue weighted by molar-refractivity contribution is 5.82. The van der Waals surface area contributed by atoms with E-state index in [0.29, 0.717) is 19.5 Å². The summed E-state index contributed by atoms with van der Waals surface area (Å²) in [5.41, 5.74) is 2.19. The second-order valence-corrected chi connectivity index (χ2v) is 8.14. The van der Waals surface area contributed by atoms with E-state index in [2.05, 4.69) is 16.4 Å². The summed E-state index contributed by atoms with van der Waals surface area (Å²) >= 11 is 0. The van der Waals surface area contributed by atoms with Crippen LogP contribution in [0, 0.1) is 5.92 Å². The number of nitrogens with zero attached hydrogens (tertiary/aromatic N) is 2. The predicted molar refractivity (Wildman–Crippen MR) is 117 cm³/mol. The minimum atomic E-state index is -0.815. The molecule has 2 heterocycles. The Morgan fingerprint density at radius 2 is 2.23 bits per heavy atom. The quantitative estimate of drug-likeness (QED) is 0.589. The van der Waals surface area contributed by atoms with Crippen LogP contribution in [0.1, 0.15) is 19.8 Å². The van der Waals surface area contributed by atoms with Crippen LogP contribution in [0.25, 0.3) is 5.57 Å². The zero-order chi connectivity index (χ0) is 21.8. The predicted octanol–water partition coefficient (Wildman–Crippen LogP) is 0.351. The second kappa shape index (κ2) is 9.60. The number of hydrogen-bond acceptors (Lipinski definition) is 6. The number of benzene rings is 1. The number of rotatable bonds is 7. The number of carbonyl (C=O) groups is 1. The highest BCUT2D eigenvalue weighted by atomic mass is 16.7. The van der Waals surface area contributed by atoms with Gasteiger partial charge in [-0.2, -0.15) is 0 Å². The van der Waals surface area contributed by atoms with Crippen LogP contribution >= 0.6 is 0 Å². The molecule has 2 aliphatic heterocycles. The van der Waals surface area contributed by atoms with Gasteiger partial charge in [0.05, 0.1) is 24.6 Å². The van der Waals surface area contributed by atoms with Gasteiger partial charge in [-0.25, -0.2) is 5.06 Å². The molecule has 1 amide bonds. The molecule has 31 heavy (non-hydrogen) atoms. The molecular weight excluding hydrogens is 394 g/mol. The number of fused-ring (bicyclic) bond motifs is 1. The van der Waals surface area contributed by atoms with Crippen LogP contribution in [0.3, 0.4) is 0 Å². The van der Waals surface area contributed by atoms with Crippen LogP contribution < -0.4 is 15.9 Å². The number of aliphatic hydroxyl groups excluding tert-OH is 2. The van der Waals surface area contributed by atoms with E-state index in [1.54, 1.807) is 13.1 Å². The molecule has 0 unspecified atom stereocenters.